The average molecular weight is 353 g/mol. The smallest absolute Gasteiger partial charge is 0.341 e. The van der Waals surface area contributed by atoms with Gasteiger partial charge in [-0.15, -0.1) is 11.3 Å². The van der Waals surface area contributed by atoms with E-state index in [1.54, 1.807) is 13.8 Å². The molecule has 1 unspecified atom stereocenters. The molecule has 0 aliphatic heterocycles. The Hall–Kier alpha value is -1.89. The van der Waals surface area contributed by atoms with E-state index >= 15 is 0 Å². The lowest BCUT2D eigenvalue weighted by Crippen LogP contribution is -2.22. The van der Waals surface area contributed by atoms with Crippen LogP contribution in [0.3, 0.4) is 0 Å². The Kier molecular flexibility index (Phi) is 5.99. The minimum atomic E-state index is -0.524. The molecule has 0 aromatic carbocycles. The standard InChI is InChI=1S/C17H23NO5S/c1-9(2)23-17(21)15-12-6-5-10(3)7-13(12)24-16(15)18-14(20)8-22-11(4)19/h9-10H,5-8H2,1-4H3,(H,18,20). The first-order chi connectivity index (χ1) is 11.3. The third kappa shape index (κ3) is 4.56. The predicted octanol–water partition coefficient (Wildman–Crippen LogP) is 2.94. The van der Waals surface area contributed by atoms with Crippen molar-refractivity contribution in [2.75, 3.05) is 11.9 Å². The van der Waals surface area contributed by atoms with E-state index in [1.165, 1.54) is 18.3 Å². The summed E-state index contributed by atoms with van der Waals surface area (Å²) < 4.78 is 10.0. The van der Waals surface area contributed by atoms with E-state index in [9.17, 15) is 14.4 Å². The third-order valence-corrected chi connectivity index (χ3v) is 4.89. The molecule has 1 heterocycles. The summed E-state index contributed by atoms with van der Waals surface area (Å²) in [6, 6.07) is 0. The summed E-state index contributed by atoms with van der Waals surface area (Å²) in [5.41, 5.74) is 1.43. The van der Waals surface area contributed by atoms with E-state index in [0.29, 0.717) is 16.5 Å². The Labute approximate surface area is 145 Å². The van der Waals surface area contributed by atoms with Crippen molar-refractivity contribution in [3.05, 3.63) is 16.0 Å². The Morgan fingerprint density at radius 3 is 2.67 bits per heavy atom. The van der Waals surface area contributed by atoms with Gasteiger partial charge in [-0.1, -0.05) is 6.92 Å². The first-order valence-corrected chi connectivity index (χ1v) is 8.88. The van der Waals surface area contributed by atoms with Crippen molar-refractivity contribution in [2.24, 2.45) is 5.92 Å². The number of thiophene rings is 1. The summed E-state index contributed by atoms with van der Waals surface area (Å²) in [5.74, 6) is -0.853. The zero-order valence-electron chi connectivity index (χ0n) is 14.4. The SMILES string of the molecule is CC(=O)OCC(=O)Nc1sc2c(c1C(=O)OC(C)C)CCC(C)C2. The Bertz CT molecular complexity index is 650. The van der Waals surface area contributed by atoms with Crippen LogP contribution in [0.1, 0.15) is 54.9 Å². The minimum Gasteiger partial charge on any atom is -0.459 e. The van der Waals surface area contributed by atoms with Crippen LogP contribution in [0.15, 0.2) is 0 Å². The van der Waals surface area contributed by atoms with Crippen LogP contribution < -0.4 is 5.32 Å². The second kappa shape index (κ2) is 7.79. The molecule has 1 amide bonds. The molecule has 6 nitrogen and oxygen atoms in total. The number of rotatable bonds is 5. The topological polar surface area (TPSA) is 81.7 Å². The summed E-state index contributed by atoms with van der Waals surface area (Å²) in [6.07, 6.45) is 2.46. The largest absolute Gasteiger partial charge is 0.459 e. The molecule has 0 spiro atoms. The van der Waals surface area contributed by atoms with Crippen LogP contribution in [0.5, 0.6) is 0 Å². The molecule has 1 aliphatic carbocycles. The highest BCUT2D eigenvalue weighted by molar-refractivity contribution is 7.17. The molecule has 0 radical (unpaired) electrons. The molecule has 24 heavy (non-hydrogen) atoms. The molecule has 1 aromatic heterocycles. The van der Waals surface area contributed by atoms with Gasteiger partial charge in [0.2, 0.25) is 0 Å². The normalized spacial score (nSPS) is 16.5. The lowest BCUT2D eigenvalue weighted by Gasteiger charge is -2.18. The molecule has 2 rings (SSSR count). The molecule has 132 valence electrons. The number of amides is 1. The molecule has 1 aromatic rings. The van der Waals surface area contributed by atoms with Crippen molar-refractivity contribution in [1.82, 2.24) is 0 Å². The van der Waals surface area contributed by atoms with Crippen LogP contribution in [-0.2, 0) is 31.9 Å². The summed E-state index contributed by atoms with van der Waals surface area (Å²) in [7, 11) is 0. The predicted molar refractivity (Wildman–Crippen MR) is 91.3 cm³/mol. The van der Waals surface area contributed by atoms with E-state index < -0.39 is 17.8 Å². The summed E-state index contributed by atoms with van der Waals surface area (Å²) in [5, 5.41) is 3.18. The van der Waals surface area contributed by atoms with Crippen molar-refractivity contribution in [1.29, 1.82) is 0 Å². The number of carbonyl (C=O) groups is 3. The maximum absolute atomic E-state index is 12.5. The van der Waals surface area contributed by atoms with E-state index in [-0.39, 0.29) is 12.7 Å². The number of anilines is 1. The lowest BCUT2D eigenvalue weighted by molar-refractivity contribution is -0.144. The van der Waals surface area contributed by atoms with Crippen molar-refractivity contribution >= 4 is 34.2 Å². The minimum absolute atomic E-state index is 0.236. The fraction of sp³-hybridized carbons (Fsp3) is 0.588. The molecule has 7 heteroatoms. The van der Waals surface area contributed by atoms with Crippen LogP contribution in [-0.4, -0.2) is 30.6 Å². The van der Waals surface area contributed by atoms with Gasteiger partial charge >= 0.3 is 11.9 Å². The zero-order valence-corrected chi connectivity index (χ0v) is 15.2. The summed E-state index contributed by atoms with van der Waals surface area (Å²) in [4.78, 5) is 36.4. The van der Waals surface area contributed by atoms with Gasteiger partial charge in [0, 0.05) is 11.8 Å². The van der Waals surface area contributed by atoms with Gasteiger partial charge in [0.15, 0.2) is 6.61 Å². The number of esters is 2. The highest BCUT2D eigenvalue weighted by Gasteiger charge is 2.29. The number of hydrogen-bond acceptors (Lipinski definition) is 6. The molecular weight excluding hydrogens is 330 g/mol. The monoisotopic (exact) mass is 353 g/mol. The van der Waals surface area contributed by atoms with Crippen molar-refractivity contribution < 1.29 is 23.9 Å². The fourth-order valence-corrected chi connectivity index (χ4v) is 4.07. The van der Waals surface area contributed by atoms with Crippen molar-refractivity contribution in [2.45, 2.75) is 53.1 Å². The van der Waals surface area contributed by atoms with Crippen molar-refractivity contribution in [3.63, 3.8) is 0 Å². The molecule has 0 saturated heterocycles. The second-order valence-corrected chi connectivity index (χ2v) is 7.44. The fourth-order valence-electron chi connectivity index (χ4n) is 2.66. The summed E-state index contributed by atoms with van der Waals surface area (Å²) >= 11 is 1.41. The van der Waals surface area contributed by atoms with Gasteiger partial charge in [-0.3, -0.25) is 9.59 Å². The van der Waals surface area contributed by atoms with E-state index in [1.807, 2.05) is 0 Å². The van der Waals surface area contributed by atoms with Crippen LogP contribution in [0.4, 0.5) is 5.00 Å². The number of ether oxygens (including phenoxy) is 2. The first kappa shape index (κ1) is 18.4. The van der Waals surface area contributed by atoms with Gasteiger partial charge in [0.25, 0.3) is 5.91 Å². The van der Waals surface area contributed by atoms with Crippen molar-refractivity contribution in [3.8, 4) is 0 Å². The maximum atomic E-state index is 12.5. The molecule has 0 saturated carbocycles. The van der Waals surface area contributed by atoms with Crippen LogP contribution in [0.2, 0.25) is 0 Å². The number of carbonyl (C=O) groups excluding carboxylic acids is 3. The maximum Gasteiger partial charge on any atom is 0.341 e. The average Bonchev–Trinajstić information content (AvgIpc) is 2.81. The van der Waals surface area contributed by atoms with Gasteiger partial charge in [-0.2, -0.15) is 0 Å². The number of nitrogens with one attached hydrogen (secondary N) is 1. The van der Waals surface area contributed by atoms with Gasteiger partial charge in [-0.25, -0.2) is 4.79 Å². The van der Waals surface area contributed by atoms with Crippen LogP contribution in [0, 0.1) is 5.92 Å². The number of fused-ring (bicyclic) bond motifs is 1. The van der Waals surface area contributed by atoms with Gasteiger partial charge < -0.3 is 14.8 Å². The third-order valence-electron chi connectivity index (χ3n) is 3.72. The van der Waals surface area contributed by atoms with Crippen LogP contribution >= 0.6 is 11.3 Å². The van der Waals surface area contributed by atoms with Gasteiger partial charge in [0.05, 0.1) is 11.7 Å². The zero-order chi connectivity index (χ0) is 17.9. The highest BCUT2D eigenvalue weighted by atomic mass is 32.1. The highest BCUT2D eigenvalue weighted by Crippen LogP contribution is 2.40. The second-order valence-electron chi connectivity index (χ2n) is 6.34. The first-order valence-electron chi connectivity index (χ1n) is 8.06. The Morgan fingerprint density at radius 2 is 2.04 bits per heavy atom. The molecular formula is C17H23NO5S. The Morgan fingerprint density at radius 1 is 1.33 bits per heavy atom. The quantitative estimate of drug-likeness (QED) is 0.823. The molecule has 1 N–H and O–H groups in total. The van der Waals surface area contributed by atoms with E-state index in [4.69, 9.17) is 9.47 Å². The van der Waals surface area contributed by atoms with E-state index in [2.05, 4.69) is 12.2 Å². The lowest BCUT2D eigenvalue weighted by atomic mass is 9.88. The van der Waals surface area contributed by atoms with Gasteiger partial charge in [-0.05, 0) is 44.6 Å². The molecule has 1 aliphatic rings. The van der Waals surface area contributed by atoms with Gasteiger partial charge in [0.1, 0.15) is 5.00 Å². The number of hydrogen-bond donors (Lipinski definition) is 1. The molecule has 1 atom stereocenters. The summed E-state index contributed by atoms with van der Waals surface area (Å²) in [6.45, 7) is 6.63. The molecule has 0 bridgehead atoms. The van der Waals surface area contributed by atoms with Crippen LogP contribution in [0.25, 0.3) is 0 Å². The van der Waals surface area contributed by atoms with E-state index in [0.717, 1.165) is 29.7 Å². The molecule has 0 fully saturated rings. The Balaban J connectivity index is 2.26.